The highest BCUT2D eigenvalue weighted by molar-refractivity contribution is 7.15. The molecule has 128 valence electrons. The Bertz CT molecular complexity index is 685. The van der Waals surface area contributed by atoms with Crippen LogP contribution in [-0.4, -0.2) is 22.0 Å². The minimum atomic E-state index is -0.369. The highest BCUT2D eigenvalue weighted by atomic mass is 32.1. The van der Waals surface area contributed by atoms with E-state index in [0.717, 1.165) is 17.0 Å². The molecule has 0 bridgehead atoms. The summed E-state index contributed by atoms with van der Waals surface area (Å²) in [6, 6.07) is 9.06. The SMILES string of the molecule is CC(=O)NC(CC(=O)Nc1nnc(CC(C)C)s1)c1ccccc1. The number of rotatable bonds is 7. The van der Waals surface area contributed by atoms with Gasteiger partial charge in [-0.05, 0) is 11.5 Å². The van der Waals surface area contributed by atoms with Crippen molar-refractivity contribution in [1.29, 1.82) is 0 Å². The van der Waals surface area contributed by atoms with Crippen LogP contribution < -0.4 is 10.6 Å². The second-order valence-electron chi connectivity index (χ2n) is 6.02. The van der Waals surface area contributed by atoms with E-state index in [1.165, 1.54) is 18.3 Å². The smallest absolute Gasteiger partial charge is 0.228 e. The second kappa shape index (κ2) is 8.54. The molecule has 0 saturated heterocycles. The largest absolute Gasteiger partial charge is 0.349 e. The zero-order valence-corrected chi connectivity index (χ0v) is 14.9. The predicted octanol–water partition coefficient (Wildman–Crippen LogP) is 2.94. The van der Waals surface area contributed by atoms with Gasteiger partial charge in [0.25, 0.3) is 0 Å². The molecular weight excluding hydrogens is 324 g/mol. The summed E-state index contributed by atoms with van der Waals surface area (Å²) >= 11 is 1.38. The summed E-state index contributed by atoms with van der Waals surface area (Å²) in [6.45, 7) is 5.66. The molecule has 0 saturated carbocycles. The molecule has 2 amide bonds. The van der Waals surface area contributed by atoms with Crippen molar-refractivity contribution in [2.45, 2.75) is 39.7 Å². The third kappa shape index (κ3) is 5.73. The number of hydrogen-bond acceptors (Lipinski definition) is 5. The average Bonchev–Trinajstić information content (AvgIpc) is 2.93. The summed E-state index contributed by atoms with van der Waals surface area (Å²) in [7, 11) is 0. The molecule has 2 rings (SSSR count). The molecule has 1 atom stereocenters. The van der Waals surface area contributed by atoms with Gasteiger partial charge in [0, 0.05) is 13.3 Å². The molecule has 1 unspecified atom stereocenters. The van der Waals surface area contributed by atoms with Crippen LogP contribution in [0.25, 0.3) is 0 Å². The van der Waals surface area contributed by atoms with Crippen LogP contribution in [0.3, 0.4) is 0 Å². The third-order valence-corrected chi connectivity index (χ3v) is 4.13. The van der Waals surface area contributed by atoms with Gasteiger partial charge in [0.2, 0.25) is 16.9 Å². The molecule has 0 aliphatic heterocycles. The first-order valence-corrected chi connectivity index (χ1v) is 8.70. The van der Waals surface area contributed by atoms with Gasteiger partial charge in [-0.2, -0.15) is 0 Å². The van der Waals surface area contributed by atoms with Crippen LogP contribution in [0.15, 0.2) is 30.3 Å². The first-order valence-electron chi connectivity index (χ1n) is 7.88. The second-order valence-corrected chi connectivity index (χ2v) is 7.08. The lowest BCUT2D eigenvalue weighted by Gasteiger charge is -2.17. The Kier molecular flexibility index (Phi) is 6.43. The van der Waals surface area contributed by atoms with Crippen molar-refractivity contribution >= 4 is 28.3 Å². The quantitative estimate of drug-likeness (QED) is 0.807. The minimum Gasteiger partial charge on any atom is -0.349 e. The first-order chi connectivity index (χ1) is 11.4. The number of nitrogens with zero attached hydrogens (tertiary/aromatic N) is 2. The number of nitrogens with one attached hydrogen (secondary N) is 2. The lowest BCUT2D eigenvalue weighted by Crippen LogP contribution is -2.29. The van der Waals surface area contributed by atoms with Crippen molar-refractivity contribution in [2.24, 2.45) is 5.92 Å². The summed E-state index contributed by atoms with van der Waals surface area (Å²) in [6.07, 6.45) is 0.981. The van der Waals surface area contributed by atoms with E-state index in [1.807, 2.05) is 30.3 Å². The van der Waals surface area contributed by atoms with Gasteiger partial charge in [-0.25, -0.2) is 0 Å². The van der Waals surface area contributed by atoms with Gasteiger partial charge in [-0.3, -0.25) is 9.59 Å². The van der Waals surface area contributed by atoms with Gasteiger partial charge in [-0.15, -0.1) is 10.2 Å². The van der Waals surface area contributed by atoms with E-state index in [2.05, 4.69) is 34.7 Å². The zero-order valence-electron chi connectivity index (χ0n) is 14.1. The van der Waals surface area contributed by atoms with Crippen LogP contribution in [0.5, 0.6) is 0 Å². The minimum absolute atomic E-state index is 0.142. The number of hydrogen-bond donors (Lipinski definition) is 2. The molecule has 0 radical (unpaired) electrons. The Labute approximate surface area is 145 Å². The zero-order chi connectivity index (χ0) is 17.5. The summed E-state index contributed by atoms with van der Waals surface area (Å²) in [4.78, 5) is 23.7. The molecule has 24 heavy (non-hydrogen) atoms. The molecule has 7 heteroatoms. The average molecular weight is 346 g/mol. The number of carbonyl (C=O) groups is 2. The van der Waals surface area contributed by atoms with Crippen LogP contribution in [0, 0.1) is 5.92 Å². The Morgan fingerprint density at radius 2 is 1.88 bits per heavy atom. The molecule has 0 aliphatic carbocycles. The standard InChI is InChI=1S/C17H22N4O2S/c1-11(2)9-16-20-21-17(24-16)19-15(23)10-14(18-12(3)22)13-7-5-4-6-8-13/h4-8,11,14H,9-10H2,1-3H3,(H,18,22)(H,19,21,23). The van der Waals surface area contributed by atoms with Crippen LogP contribution >= 0.6 is 11.3 Å². The molecule has 2 aromatic rings. The summed E-state index contributed by atoms with van der Waals surface area (Å²) in [5.41, 5.74) is 0.889. The van der Waals surface area contributed by atoms with E-state index in [4.69, 9.17) is 0 Å². The van der Waals surface area contributed by atoms with E-state index in [-0.39, 0.29) is 24.3 Å². The van der Waals surface area contributed by atoms with Crippen LogP contribution in [-0.2, 0) is 16.0 Å². The molecule has 0 fully saturated rings. The van der Waals surface area contributed by atoms with Gasteiger partial charge in [0.1, 0.15) is 5.01 Å². The Balaban J connectivity index is 2.00. The van der Waals surface area contributed by atoms with Crippen molar-refractivity contribution < 1.29 is 9.59 Å². The van der Waals surface area contributed by atoms with Crippen LogP contribution in [0.4, 0.5) is 5.13 Å². The number of benzene rings is 1. The molecule has 1 heterocycles. The number of carbonyl (C=O) groups excluding carboxylic acids is 2. The monoisotopic (exact) mass is 346 g/mol. The van der Waals surface area contributed by atoms with E-state index < -0.39 is 0 Å². The lowest BCUT2D eigenvalue weighted by molar-refractivity contribution is -0.120. The number of anilines is 1. The van der Waals surface area contributed by atoms with E-state index in [1.54, 1.807) is 0 Å². The normalized spacial score (nSPS) is 12.0. The molecular formula is C17H22N4O2S. The Morgan fingerprint density at radius 3 is 2.50 bits per heavy atom. The topological polar surface area (TPSA) is 84.0 Å². The van der Waals surface area contributed by atoms with Gasteiger partial charge < -0.3 is 10.6 Å². The summed E-state index contributed by atoms with van der Waals surface area (Å²) in [5.74, 6) is 0.111. The molecule has 0 aliphatic rings. The molecule has 2 N–H and O–H groups in total. The third-order valence-electron chi connectivity index (χ3n) is 3.27. The number of amides is 2. The maximum absolute atomic E-state index is 12.3. The fourth-order valence-electron chi connectivity index (χ4n) is 2.27. The lowest BCUT2D eigenvalue weighted by atomic mass is 10.0. The van der Waals surface area contributed by atoms with Gasteiger partial charge >= 0.3 is 0 Å². The molecule has 1 aromatic carbocycles. The van der Waals surface area contributed by atoms with Gasteiger partial charge in [0.15, 0.2) is 0 Å². The van der Waals surface area contributed by atoms with E-state index >= 15 is 0 Å². The predicted molar refractivity (Wildman–Crippen MR) is 94.7 cm³/mol. The van der Waals surface area contributed by atoms with Crippen LogP contribution in [0.2, 0.25) is 0 Å². The maximum atomic E-state index is 12.3. The highest BCUT2D eigenvalue weighted by Gasteiger charge is 2.18. The van der Waals surface area contributed by atoms with Gasteiger partial charge in [0.05, 0.1) is 12.5 Å². The first kappa shape index (κ1) is 18.1. The maximum Gasteiger partial charge on any atom is 0.228 e. The molecule has 0 spiro atoms. The Hall–Kier alpha value is -2.28. The van der Waals surface area contributed by atoms with Crippen molar-refractivity contribution in [1.82, 2.24) is 15.5 Å². The van der Waals surface area contributed by atoms with Crippen molar-refractivity contribution in [3.05, 3.63) is 40.9 Å². The van der Waals surface area contributed by atoms with Gasteiger partial charge in [-0.1, -0.05) is 55.5 Å². The van der Waals surface area contributed by atoms with E-state index in [9.17, 15) is 9.59 Å². The summed E-state index contributed by atoms with van der Waals surface area (Å²) in [5, 5.41) is 15.0. The number of aromatic nitrogens is 2. The summed E-state index contributed by atoms with van der Waals surface area (Å²) < 4.78 is 0. The van der Waals surface area contributed by atoms with E-state index in [0.29, 0.717) is 11.0 Å². The fraction of sp³-hybridized carbons (Fsp3) is 0.412. The highest BCUT2D eigenvalue weighted by Crippen LogP contribution is 2.21. The van der Waals surface area contributed by atoms with Crippen molar-refractivity contribution in [3.8, 4) is 0 Å². The molecule has 1 aromatic heterocycles. The van der Waals surface area contributed by atoms with Crippen LogP contribution in [0.1, 0.15) is 43.8 Å². The fourth-order valence-corrected chi connectivity index (χ4v) is 3.24. The van der Waals surface area contributed by atoms with Crippen molar-refractivity contribution in [2.75, 3.05) is 5.32 Å². The molecule has 6 nitrogen and oxygen atoms in total. The Morgan fingerprint density at radius 1 is 1.17 bits per heavy atom. The van der Waals surface area contributed by atoms with Crippen molar-refractivity contribution in [3.63, 3.8) is 0 Å².